The second kappa shape index (κ2) is 6.62. The first-order valence-electron chi connectivity index (χ1n) is 8.88. The standard InChI is InChI=1S/C22H13N5OS/c1-12-25-11-19(29-12)20-17(13-4-5-18-14(7-13)3-2-6-24-18)9-15-8-16(10-23)22(28)27-21(15)26-20/h2-9,11H,1H3,(H,26,27,28). The molecule has 5 aromatic rings. The Balaban J connectivity index is 1.84. The first-order chi connectivity index (χ1) is 14.1. The number of thiazole rings is 1. The number of nitriles is 1. The third-order valence-corrected chi connectivity index (χ3v) is 5.64. The Morgan fingerprint density at radius 3 is 2.79 bits per heavy atom. The van der Waals surface area contributed by atoms with E-state index in [9.17, 15) is 10.1 Å². The molecule has 0 spiro atoms. The molecule has 0 atom stereocenters. The number of fused-ring (bicyclic) bond motifs is 2. The predicted molar refractivity (Wildman–Crippen MR) is 114 cm³/mol. The minimum absolute atomic E-state index is 0.0642. The van der Waals surface area contributed by atoms with Crippen molar-refractivity contribution in [3.8, 4) is 27.8 Å². The van der Waals surface area contributed by atoms with Crippen molar-refractivity contribution >= 4 is 33.3 Å². The van der Waals surface area contributed by atoms with Crippen LogP contribution in [0.5, 0.6) is 0 Å². The number of aryl methyl sites for hydroxylation is 1. The van der Waals surface area contributed by atoms with E-state index in [1.54, 1.807) is 29.8 Å². The average Bonchev–Trinajstić information content (AvgIpc) is 3.18. The van der Waals surface area contributed by atoms with Crippen LogP contribution in [0, 0.1) is 18.3 Å². The summed E-state index contributed by atoms with van der Waals surface area (Å²) in [6.45, 7) is 1.94. The first kappa shape index (κ1) is 17.2. The summed E-state index contributed by atoms with van der Waals surface area (Å²) in [6.07, 6.45) is 3.56. The molecule has 1 N–H and O–H groups in total. The van der Waals surface area contributed by atoms with Gasteiger partial charge in [0.25, 0.3) is 5.56 Å². The van der Waals surface area contributed by atoms with Gasteiger partial charge in [-0.25, -0.2) is 9.97 Å². The average molecular weight is 395 g/mol. The molecule has 0 saturated carbocycles. The second-order valence-corrected chi connectivity index (χ2v) is 7.84. The van der Waals surface area contributed by atoms with Crippen molar-refractivity contribution in [3.05, 3.63) is 75.8 Å². The van der Waals surface area contributed by atoms with E-state index in [2.05, 4.69) is 21.0 Å². The lowest BCUT2D eigenvalue weighted by atomic mass is 9.99. The maximum atomic E-state index is 12.1. The van der Waals surface area contributed by atoms with E-state index in [0.717, 1.165) is 37.6 Å². The monoisotopic (exact) mass is 395 g/mol. The lowest BCUT2D eigenvalue weighted by molar-refractivity contribution is 1.22. The molecule has 29 heavy (non-hydrogen) atoms. The Morgan fingerprint density at radius 1 is 1.10 bits per heavy atom. The molecule has 0 aliphatic heterocycles. The molecule has 138 valence electrons. The highest BCUT2D eigenvalue weighted by Gasteiger charge is 2.15. The predicted octanol–water partition coefficient (Wildman–Crippen LogP) is 4.44. The molecule has 0 saturated heterocycles. The van der Waals surface area contributed by atoms with Crippen molar-refractivity contribution in [1.29, 1.82) is 5.26 Å². The number of aromatic nitrogens is 4. The van der Waals surface area contributed by atoms with Crippen LogP contribution < -0.4 is 5.56 Å². The number of hydrogen-bond donors (Lipinski definition) is 1. The van der Waals surface area contributed by atoms with Crippen LogP contribution in [0.1, 0.15) is 10.6 Å². The first-order valence-corrected chi connectivity index (χ1v) is 9.70. The second-order valence-electron chi connectivity index (χ2n) is 6.60. The van der Waals surface area contributed by atoms with Crippen LogP contribution in [0.25, 0.3) is 43.6 Å². The van der Waals surface area contributed by atoms with Gasteiger partial charge >= 0.3 is 0 Å². The molecule has 0 aliphatic carbocycles. The molecule has 0 unspecified atom stereocenters. The number of hydrogen-bond acceptors (Lipinski definition) is 6. The summed E-state index contributed by atoms with van der Waals surface area (Å²) < 4.78 is 0. The highest BCUT2D eigenvalue weighted by molar-refractivity contribution is 7.15. The van der Waals surface area contributed by atoms with Gasteiger partial charge in [0.2, 0.25) is 0 Å². The Labute approximate surface area is 169 Å². The summed E-state index contributed by atoms with van der Waals surface area (Å²) >= 11 is 1.54. The highest BCUT2D eigenvalue weighted by Crippen LogP contribution is 2.36. The zero-order valence-electron chi connectivity index (χ0n) is 15.3. The summed E-state index contributed by atoms with van der Waals surface area (Å²) in [4.78, 5) is 29.2. The third-order valence-electron chi connectivity index (χ3n) is 4.72. The summed E-state index contributed by atoms with van der Waals surface area (Å²) in [5.74, 6) is 0. The highest BCUT2D eigenvalue weighted by atomic mass is 32.1. The number of pyridine rings is 3. The van der Waals surface area contributed by atoms with Crippen LogP contribution in [0.2, 0.25) is 0 Å². The Bertz CT molecular complexity index is 1510. The van der Waals surface area contributed by atoms with Crippen molar-refractivity contribution in [2.75, 3.05) is 0 Å². The Kier molecular flexibility index (Phi) is 3.93. The molecule has 5 rings (SSSR count). The van der Waals surface area contributed by atoms with Gasteiger partial charge in [-0.05, 0) is 42.8 Å². The summed E-state index contributed by atoms with van der Waals surface area (Å²) in [7, 11) is 0. The molecular weight excluding hydrogens is 382 g/mol. The fourth-order valence-electron chi connectivity index (χ4n) is 3.34. The molecule has 0 bridgehead atoms. The van der Waals surface area contributed by atoms with Gasteiger partial charge in [-0.3, -0.25) is 9.78 Å². The van der Waals surface area contributed by atoms with Gasteiger partial charge in [0, 0.05) is 28.7 Å². The number of H-pyrrole nitrogens is 1. The van der Waals surface area contributed by atoms with Gasteiger partial charge in [-0.1, -0.05) is 12.1 Å². The van der Waals surface area contributed by atoms with Gasteiger partial charge in [-0.2, -0.15) is 5.26 Å². The molecule has 6 nitrogen and oxygen atoms in total. The largest absolute Gasteiger partial charge is 0.305 e. The molecule has 4 aromatic heterocycles. The van der Waals surface area contributed by atoms with Gasteiger partial charge in [0.1, 0.15) is 17.3 Å². The van der Waals surface area contributed by atoms with Crippen LogP contribution in [-0.4, -0.2) is 19.9 Å². The molecule has 4 heterocycles. The van der Waals surface area contributed by atoms with E-state index < -0.39 is 5.56 Å². The van der Waals surface area contributed by atoms with E-state index in [0.29, 0.717) is 11.0 Å². The minimum atomic E-state index is -0.441. The lowest BCUT2D eigenvalue weighted by Crippen LogP contribution is -2.10. The Morgan fingerprint density at radius 2 is 2.00 bits per heavy atom. The molecule has 0 radical (unpaired) electrons. The normalized spacial score (nSPS) is 11.0. The number of nitrogens with one attached hydrogen (secondary N) is 1. The van der Waals surface area contributed by atoms with Crippen molar-refractivity contribution in [1.82, 2.24) is 19.9 Å². The molecule has 0 amide bonds. The summed E-state index contributed by atoms with van der Waals surface area (Å²) in [5, 5.41) is 11.9. The fraction of sp³-hybridized carbons (Fsp3) is 0.0455. The zero-order valence-corrected chi connectivity index (χ0v) is 16.1. The van der Waals surface area contributed by atoms with Crippen LogP contribution in [-0.2, 0) is 0 Å². The maximum Gasteiger partial charge on any atom is 0.267 e. The van der Waals surface area contributed by atoms with E-state index in [4.69, 9.17) is 4.98 Å². The van der Waals surface area contributed by atoms with Crippen LogP contribution >= 0.6 is 11.3 Å². The quantitative estimate of drug-likeness (QED) is 0.477. The number of benzene rings is 1. The van der Waals surface area contributed by atoms with Crippen molar-refractivity contribution in [2.24, 2.45) is 0 Å². The van der Waals surface area contributed by atoms with E-state index in [-0.39, 0.29) is 5.56 Å². The molecule has 7 heteroatoms. The third kappa shape index (κ3) is 2.96. The number of aromatic amines is 1. The van der Waals surface area contributed by atoms with E-state index in [1.807, 2.05) is 43.3 Å². The van der Waals surface area contributed by atoms with Crippen LogP contribution in [0.3, 0.4) is 0 Å². The molecular formula is C22H13N5OS. The fourth-order valence-corrected chi connectivity index (χ4v) is 4.12. The van der Waals surface area contributed by atoms with Gasteiger partial charge in [0.15, 0.2) is 0 Å². The summed E-state index contributed by atoms with van der Waals surface area (Å²) in [5.41, 5.74) is 3.61. The van der Waals surface area contributed by atoms with Crippen LogP contribution in [0.4, 0.5) is 0 Å². The molecule has 0 aliphatic rings. The van der Waals surface area contributed by atoms with Crippen molar-refractivity contribution in [2.45, 2.75) is 6.92 Å². The topological polar surface area (TPSA) is 95.3 Å². The Hall–Kier alpha value is -3.89. The minimum Gasteiger partial charge on any atom is -0.305 e. The van der Waals surface area contributed by atoms with Crippen LogP contribution in [0.15, 0.2) is 59.7 Å². The molecule has 0 fully saturated rings. The van der Waals surface area contributed by atoms with Gasteiger partial charge in [-0.15, -0.1) is 11.3 Å². The van der Waals surface area contributed by atoms with E-state index >= 15 is 0 Å². The van der Waals surface area contributed by atoms with Gasteiger partial charge in [0.05, 0.1) is 21.1 Å². The number of nitrogens with zero attached hydrogens (tertiary/aromatic N) is 4. The smallest absolute Gasteiger partial charge is 0.267 e. The van der Waals surface area contributed by atoms with E-state index in [1.165, 1.54) is 0 Å². The maximum absolute atomic E-state index is 12.1. The SMILES string of the molecule is Cc1ncc(-c2nc3[nH]c(=O)c(C#N)cc3cc2-c2ccc3ncccc3c2)s1. The molecule has 1 aromatic carbocycles. The van der Waals surface area contributed by atoms with Crippen molar-refractivity contribution < 1.29 is 0 Å². The van der Waals surface area contributed by atoms with Gasteiger partial charge < -0.3 is 4.98 Å². The zero-order chi connectivity index (χ0) is 20.0. The number of rotatable bonds is 2. The van der Waals surface area contributed by atoms with Crippen molar-refractivity contribution in [3.63, 3.8) is 0 Å². The summed E-state index contributed by atoms with van der Waals surface area (Å²) in [6, 6.07) is 15.4. The lowest BCUT2D eigenvalue weighted by Gasteiger charge is -2.11.